The molecule has 2 fully saturated rings. The van der Waals surface area contributed by atoms with Crippen molar-refractivity contribution in [3.05, 3.63) is 117 Å². The number of benzene rings is 4. The lowest BCUT2D eigenvalue weighted by Gasteiger charge is -2.35. The van der Waals surface area contributed by atoms with Gasteiger partial charge >= 0.3 is 0 Å². The van der Waals surface area contributed by atoms with Crippen molar-refractivity contribution in [2.45, 2.75) is 104 Å². The Morgan fingerprint density at radius 3 is 2.60 bits per heavy atom. The lowest BCUT2D eigenvalue weighted by Crippen LogP contribution is -2.45. The van der Waals surface area contributed by atoms with Crippen molar-refractivity contribution >= 4 is 23.2 Å². The van der Waals surface area contributed by atoms with Gasteiger partial charge in [0.25, 0.3) is 0 Å². The third-order valence-corrected chi connectivity index (χ3v) is 12.2. The predicted molar refractivity (Wildman–Crippen MR) is 229 cm³/mol. The van der Waals surface area contributed by atoms with Crippen LogP contribution in [0.25, 0.3) is 16.0 Å². The summed E-state index contributed by atoms with van der Waals surface area (Å²) < 4.78 is 19.6. The molecular weight excluding hydrogens is 746 g/mol. The zero-order valence-electron chi connectivity index (χ0n) is 34.1. The second kappa shape index (κ2) is 18.2. The van der Waals surface area contributed by atoms with E-state index >= 15 is 0 Å². The molecule has 2 saturated heterocycles. The van der Waals surface area contributed by atoms with Crippen molar-refractivity contribution in [1.29, 1.82) is 5.26 Å². The second-order valence-electron chi connectivity index (χ2n) is 16.9. The number of carbonyl (C=O) groups excluding carboxylic acids is 1. The van der Waals surface area contributed by atoms with E-state index in [2.05, 4.69) is 90.5 Å². The van der Waals surface area contributed by atoms with Crippen LogP contribution in [0.5, 0.6) is 17.2 Å². The highest BCUT2D eigenvalue weighted by Gasteiger charge is 2.34. The van der Waals surface area contributed by atoms with E-state index in [9.17, 15) is 10.1 Å². The first-order chi connectivity index (χ1) is 28.0. The fourth-order valence-electron chi connectivity index (χ4n) is 8.88. The molecule has 10 heteroatoms. The molecule has 3 aliphatic rings. The number of carbonyl (C=O) groups is 1. The number of nitrogens with one attached hydrogen (secondary N) is 2. The zero-order chi connectivity index (χ0) is 40.8. The average molecular weight is 800 g/mol. The number of amides is 1. The van der Waals surface area contributed by atoms with Gasteiger partial charge in [-0.3, -0.25) is 9.69 Å². The van der Waals surface area contributed by atoms with Crippen LogP contribution in [0, 0.1) is 30.2 Å². The van der Waals surface area contributed by atoms with E-state index < -0.39 is 0 Å². The second-order valence-corrected chi connectivity index (χ2v) is 17.3. The highest BCUT2D eigenvalue weighted by Crippen LogP contribution is 2.44. The molecule has 2 aliphatic heterocycles. The Hall–Kier alpha value is -5.06. The van der Waals surface area contributed by atoms with Crippen molar-refractivity contribution in [2.75, 3.05) is 26.2 Å². The van der Waals surface area contributed by atoms with E-state index in [0.29, 0.717) is 65.3 Å². The van der Waals surface area contributed by atoms with E-state index in [-0.39, 0.29) is 24.7 Å². The van der Waals surface area contributed by atoms with E-state index in [1.807, 2.05) is 12.1 Å². The first kappa shape index (κ1) is 41.1. The quantitative estimate of drug-likeness (QED) is 0.0968. The third-order valence-electron chi connectivity index (χ3n) is 11.9. The Morgan fingerprint density at radius 1 is 1.00 bits per heavy atom. The van der Waals surface area contributed by atoms with Crippen LogP contribution in [0.15, 0.2) is 66.7 Å². The van der Waals surface area contributed by atoms with Gasteiger partial charge in [-0.05, 0) is 121 Å². The monoisotopic (exact) mass is 799 g/mol. The van der Waals surface area contributed by atoms with E-state index in [1.165, 1.54) is 36.1 Å². The molecule has 1 amide bonds. The molecule has 1 unspecified atom stereocenters. The summed E-state index contributed by atoms with van der Waals surface area (Å²) in [4.78, 5) is 17.9. The number of ether oxygens (including phenoxy) is 3. The number of nitriles is 1. The number of likely N-dealkylation sites (tertiary alicyclic amines) is 1. The van der Waals surface area contributed by atoms with Gasteiger partial charge in [-0.1, -0.05) is 62.7 Å². The molecule has 4 aromatic carbocycles. The standard InChI is InChI=1S/C48H54ClN5O4/c1-31-37(10-7-13-42(31)56-21-9-20-54-19-8-14-46(54)48(2,3)4)38-11-6-12-40-39(38)16-17-43(40)58-45-26-44(57-30-33-22-32(27-50)23-36(24-33)51-5)34(25-41(45)49)28-52-35-15-18-47(55)53-29-35/h6-7,10-13,22-26,35,43,46,52H,8-9,14-21,28-30H2,1-4H3,(H,53,55)/t35-,43-,46?/m0/s1. The number of halogens is 1. The van der Waals surface area contributed by atoms with Crippen LogP contribution in [0.2, 0.25) is 5.02 Å². The molecule has 4 aromatic rings. The minimum atomic E-state index is -0.203. The number of nitrogens with zero attached hydrogens (tertiary/aromatic N) is 3. The maximum Gasteiger partial charge on any atom is 0.220 e. The normalized spacial score (nSPS) is 19.2. The number of fused-ring (bicyclic) bond motifs is 1. The highest BCUT2D eigenvalue weighted by molar-refractivity contribution is 6.32. The van der Waals surface area contributed by atoms with Gasteiger partial charge in [0.1, 0.15) is 30.0 Å². The molecule has 1 aliphatic carbocycles. The summed E-state index contributed by atoms with van der Waals surface area (Å²) in [6.45, 7) is 20.8. The largest absolute Gasteiger partial charge is 0.493 e. The molecule has 7 rings (SSSR count). The van der Waals surface area contributed by atoms with Crippen molar-refractivity contribution in [1.82, 2.24) is 15.5 Å². The Kier molecular flexibility index (Phi) is 12.9. The Morgan fingerprint density at radius 2 is 1.83 bits per heavy atom. The van der Waals surface area contributed by atoms with Gasteiger partial charge in [0, 0.05) is 55.3 Å². The number of rotatable bonds is 14. The lowest BCUT2D eigenvalue weighted by atomic mass is 9.85. The van der Waals surface area contributed by atoms with Gasteiger partial charge in [0.15, 0.2) is 5.69 Å². The summed E-state index contributed by atoms with van der Waals surface area (Å²) in [5, 5.41) is 16.5. The average Bonchev–Trinajstić information content (AvgIpc) is 3.88. The molecule has 0 spiro atoms. The van der Waals surface area contributed by atoms with E-state index in [1.54, 1.807) is 18.2 Å². The van der Waals surface area contributed by atoms with Gasteiger partial charge in [-0.15, -0.1) is 0 Å². The number of piperidine rings is 1. The summed E-state index contributed by atoms with van der Waals surface area (Å²) in [5.41, 5.74) is 8.58. The molecule has 302 valence electrons. The molecule has 3 atom stereocenters. The fraction of sp³-hybridized carbons (Fsp3) is 0.438. The van der Waals surface area contributed by atoms with Crippen LogP contribution in [0.1, 0.15) is 98.8 Å². The lowest BCUT2D eigenvalue weighted by molar-refractivity contribution is -0.122. The maximum atomic E-state index is 11.7. The molecule has 2 N–H and O–H groups in total. The first-order valence-electron chi connectivity index (χ1n) is 20.6. The van der Waals surface area contributed by atoms with Crippen LogP contribution in [0.3, 0.4) is 0 Å². The Bertz CT molecular complexity index is 2180. The minimum Gasteiger partial charge on any atom is -0.493 e. The van der Waals surface area contributed by atoms with Crippen molar-refractivity contribution in [3.63, 3.8) is 0 Å². The topological polar surface area (TPSA) is 100 Å². The van der Waals surface area contributed by atoms with Crippen LogP contribution in [-0.2, 0) is 24.4 Å². The smallest absolute Gasteiger partial charge is 0.220 e. The van der Waals surface area contributed by atoms with Crippen LogP contribution >= 0.6 is 11.6 Å². The summed E-state index contributed by atoms with van der Waals surface area (Å²) in [7, 11) is 0. The van der Waals surface area contributed by atoms with Crippen molar-refractivity contribution in [2.24, 2.45) is 5.41 Å². The van der Waals surface area contributed by atoms with Crippen molar-refractivity contribution < 1.29 is 19.0 Å². The SMILES string of the molecule is [C-]#[N+]c1cc(C#N)cc(COc2cc(O[C@H]3CCc4c(-c5cccc(OCCCN6CCCC6C(C)(C)C)c5C)cccc43)c(Cl)cc2CN[C@H]2CCC(=O)NC2)c1. The van der Waals surface area contributed by atoms with E-state index in [4.69, 9.17) is 32.4 Å². The van der Waals surface area contributed by atoms with Gasteiger partial charge in [0.05, 0.1) is 24.3 Å². The van der Waals surface area contributed by atoms with Gasteiger partial charge in [-0.2, -0.15) is 5.26 Å². The van der Waals surface area contributed by atoms with Gasteiger partial charge < -0.3 is 24.8 Å². The predicted octanol–water partition coefficient (Wildman–Crippen LogP) is 10.0. The zero-order valence-corrected chi connectivity index (χ0v) is 34.9. The van der Waals surface area contributed by atoms with E-state index in [0.717, 1.165) is 60.2 Å². The molecule has 0 radical (unpaired) electrons. The summed E-state index contributed by atoms with van der Waals surface area (Å²) in [6.07, 6.45) is 6.25. The number of hydrogen-bond donors (Lipinski definition) is 2. The van der Waals surface area contributed by atoms with Gasteiger partial charge in [0.2, 0.25) is 5.91 Å². The molecule has 0 aromatic heterocycles. The van der Waals surface area contributed by atoms with Crippen LogP contribution in [-0.4, -0.2) is 49.1 Å². The highest BCUT2D eigenvalue weighted by atomic mass is 35.5. The van der Waals surface area contributed by atoms with Gasteiger partial charge in [-0.25, -0.2) is 4.85 Å². The summed E-state index contributed by atoms with van der Waals surface area (Å²) in [6, 6.07) is 24.5. The van der Waals surface area contributed by atoms with Crippen LogP contribution in [0.4, 0.5) is 5.69 Å². The van der Waals surface area contributed by atoms with Crippen molar-refractivity contribution in [3.8, 4) is 34.4 Å². The molecule has 9 nitrogen and oxygen atoms in total. The maximum absolute atomic E-state index is 11.7. The number of hydrogen-bond acceptors (Lipinski definition) is 7. The third kappa shape index (κ3) is 9.62. The summed E-state index contributed by atoms with van der Waals surface area (Å²) >= 11 is 6.97. The Balaban J connectivity index is 1.07. The first-order valence-corrected chi connectivity index (χ1v) is 21.0. The van der Waals surface area contributed by atoms with Crippen LogP contribution < -0.4 is 24.8 Å². The fourth-order valence-corrected chi connectivity index (χ4v) is 9.11. The molecule has 2 heterocycles. The molecule has 58 heavy (non-hydrogen) atoms. The molecule has 0 bridgehead atoms. The molecule has 0 saturated carbocycles. The minimum absolute atomic E-state index is 0.0660. The Labute approximate surface area is 348 Å². The molecular formula is C48H54ClN5O4. The summed E-state index contributed by atoms with van der Waals surface area (Å²) in [5.74, 6) is 2.11.